The van der Waals surface area contributed by atoms with E-state index in [-0.39, 0.29) is 6.04 Å². The fraction of sp³-hybridized carbons (Fsp3) is 0.455. The summed E-state index contributed by atoms with van der Waals surface area (Å²) < 4.78 is 11.6. The Balaban J connectivity index is 1.90. The summed E-state index contributed by atoms with van der Waals surface area (Å²) in [6.07, 6.45) is 1.02. The molecule has 4 nitrogen and oxygen atoms in total. The Morgan fingerprint density at radius 1 is 1.12 bits per heavy atom. The first kappa shape index (κ1) is 18.7. The van der Waals surface area contributed by atoms with Gasteiger partial charge >= 0.3 is 0 Å². The second kappa shape index (κ2) is 8.11. The van der Waals surface area contributed by atoms with Crippen LogP contribution >= 0.6 is 0 Å². The average molecular weight is 354 g/mol. The van der Waals surface area contributed by atoms with E-state index in [0.717, 1.165) is 31.0 Å². The van der Waals surface area contributed by atoms with E-state index in [1.54, 1.807) is 7.11 Å². The summed E-state index contributed by atoms with van der Waals surface area (Å²) in [7, 11) is 5.88. The van der Waals surface area contributed by atoms with Gasteiger partial charge in [-0.05, 0) is 63.2 Å². The van der Waals surface area contributed by atoms with Gasteiger partial charge in [0, 0.05) is 18.7 Å². The molecule has 1 unspecified atom stereocenters. The second-order valence-electron chi connectivity index (χ2n) is 7.35. The van der Waals surface area contributed by atoms with Gasteiger partial charge in [-0.25, -0.2) is 0 Å². The molecule has 0 saturated heterocycles. The molecule has 1 aliphatic heterocycles. The van der Waals surface area contributed by atoms with Gasteiger partial charge in [0.25, 0.3) is 0 Å². The highest BCUT2D eigenvalue weighted by molar-refractivity contribution is 5.51. The number of methoxy groups -OCH3 is 1. The zero-order chi connectivity index (χ0) is 18.7. The first-order valence-corrected chi connectivity index (χ1v) is 9.28. The quantitative estimate of drug-likeness (QED) is 0.861. The Morgan fingerprint density at radius 3 is 2.65 bits per heavy atom. The van der Waals surface area contributed by atoms with E-state index >= 15 is 0 Å². The molecule has 1 atom stereocenters. The van der Waals surface area contributed by atoms with Gasteiger partial charge in [-0.1, -0.05) is 23.8 Å². The largest absolute Gasteiger partial charge is 0.496 e. The lowest BCUT2D eigenvalue weighted by Gasteiger charge is -2.29. The van der Waals surface area contributed by atoms with Gasteiger partial charge < -0.3 is 19.7 Å². The number of ether oxygens (including phenoxy) is 2. The van der Waals surface area contributed by atoms with Gasteiger partial charge in [0.15, 0.2) is 0 Å². The molecule has 1 N–H and O–H groups in total. The highest BCUT2D eigenvalue weighted by Gasteiger charge is 2.25. The number of fused-ring (bicyclic) bond motifs is 1. The summed E-state index contributed by atoms with van der Waals surface area (Å²) in [5.74, 6) is 1.94. The topological polar surface area (TPSA) is 33.7 Å². The van der Waals surface area contributed by atoms with Gasteiger partial charge in [-0.15, -0.1) is 0 Å². The number of aryl methyl sites for hydroxylation is 2. The standard InChI is InChI=1S/C22H30N2O2/c1-15-12-16(2)22(25-5)20(13-15)21-19-7-6-18(26-11-10-24(3)4)14-17(19)8-9-23-21/h6-7,12-14,21,23H,8-11H2,1-5H3. The molecule has 0 saturated carbocycles. The van der Waals surface area contributed by atoms with Gasteiger partial charge in [0.05, 0.1) is 13.2 Å². The number of hydrogen-bond donors (Lipinski definition) is 1. The Hall–Kier alpha value is -2.04. The van der Waals surface area contributed by atoms with Crippen molar-refractivity contribution in [2.75, 3.05) is 40.9 Å². The van der Waals surface area contributed by atoms with Crippen LogP contribution in [-0.4, -0.2) is 45.8 Å². The summed E-state index contributed by atoms with van der Waals surface area (Å²) in [4.78, 5) is 2.13. The summed E-state index contributed by atoms with van der Waals surface area (Å²) in [6.45, 7) is 6.83. The van der Waals surface area contributed by atoms with Crippen molar-refractivity contribution in [3.05, 3.63) is 58.1 Å². The number of likely N-dealkylation sites (N-methyl/N-ethyl adjacent to an activating group) is 1. The second-order valence-corrected chi connectivity index (χ2v) is 7.35. The molecule has 3 rings (SSSR count). The van der Waals surface area contributed by atoms with Crippen LogP contribution in [-0.2, 0) is 6.42 Å². The van der Waals surface area contributed by atoms with Crippen molar-refractivity contribution in [2.45, 2.75) is 26.3 Å². The van der Waals surface area contributed by atoms with Crippen LogP contribution in [0.3, 0.4) is 0 Å². The highest BCUT2D eigenvalue weighted by atomic mass is 16.5. The molecule has 0 spiro atoms. The molecule has 26 heavy (non-hydrogen) atoms. The third-order valence-corrected chi connectivity index (χ3v) is 4.94. The monoisotopic (exact) mass is 354 g/mol. The molecular weight excluding hydrogens is 324 g/mol. The van der Waals surface area contributed by atoms with Crippen LogP contribution in [0.4, 0.5) is 0 Å². The Labute approximate surface area is 157 Å². The van der Waals surface area contributed by atoms with Crippen molar-refractivity contribution in [1.29, 1.82) is 0 Å². The first-order valence-electron chi connectivity index (χ1n) is 9.28. The number of nitrogens with zero attached hydrogens (tertiary/aromatic N) is 1. The van der Waals surface area contributed by atoms with Gasteiger partial charge in [0.1, 0.15) is 18.1 Å². The molecule has 0 fully saturated rings. The number of benzene rings is 2. The summed E-state index contributed by atoms with van der Waals surface area (Å²) in [5.41, 5.74) is 6.33. The van der Waals surface area contributed by atoms with Gasteiger partial charge in [0.2, 0.25) is 0 Å². The molecule has 0 amide bonds. The van der Waals surface area contributed by atoms with Crippen LogP contribution in [0.1, 0.15) is 33.9 Å². The minimum absolute atomic E-state index is 0.156. The molecule has 140 valence electrons. The molecule has 4 heteroatoms. The van der Waals surface area contributed by atoms with Crippen LogP contribution in [0.5, 0.6) is 11.5 Å². The Bertz CT molecular complexity index is 771. The fourth-order valence-corrected chi connectivity index (χ4v) is 3.74. The van der Waals surface area contributed by atoms with E-state index in [9.17, 15) is 0 Å². The minimum Gasteiger partial charge on any atom is -0.496 e. The van der Waals surface area contributed by atoms with Crippen molar-refractivity contribution in [3.8, 4) is 11.5 Å². The van der Waals surface area contributed by atoms with E-state index in [0.29, 0.717) is 6.61 Å². The SMILES string of the molecule is COc1c(C)cc(C)cc1C1NCCc2cc(OCCN(C)C)ccc21. The lowest BCUT2D eigenvalue weighted by molar-refractivity contribution is 0.261. The van der Waals surface area contributed by atoms with E-state index in [2.05, 4.69) is 68.5 Å². The third kappa shape index (κ3) is 4.02. The number of rotatable bonds is 6. The van der Waals surface area contributed by atoms with Crippen LogP contribution in [0.15, 0.2) is 30.3 Å². The summed E-state index contributed by atoms with van der Waals surface area (Å²) in [5, 5.41) is 3.67. The fourth-order valence-electron chi connectivity index (χ4n) is 3.74. The van der Waals surface area contributed by atoms with Crippen molar-refractivity contribution >= 4 is 0 Å². The number of hydrogen-bond acceptors (Lipinski definition) is 4. The van der Waals surface area contributed by atoms with Crippen LogP contribution in [0.25, 0.3) is 0 Å². The normalized spacial score (nSPS) is 16.5. The van der Waals surface area contributed by atoms with E-state index in [1.165, 1.54) is 27.8 Å². The third-order valence-electron chi connectivity index (χ3n) is 4.94. The van der Waals surface area contributed by atoms with Gasteiger partial charge in [-0.3, -0.25) is 0 Å². The average Bonchev–Trinajstić information content (AvgIpc) is 2.60. The molecule has 2 aromatic carbocycles. The van der Waals surface area contributed by atoms with Crippen molar-refractivity contribution in [1.82, 2.24) is 10.2 Å². The Kier molecular flexibility index (Phi) is 5.84. The summed E-state index contributed by atoms with van der Waals surface area (Å²) in [6, 6.07) is 11.1. The van der Waals surface area contributed by atoms with Crippen molar-refractivity contribution < 1.29 is 9.47 Å². The maximum atomic E-state index is 5.92. The summed E-state index contributed by atoms with van der Waals surface area (Å²) >= 11 is 0. The van der Waals surface area contributed by atoms with E-state index < -0.39 is 0 Å². The van der Waals surface area contributed by atoms with E-state index in [4.69, 9.17) is 9.47 Å². The predicted octanol–water partition coefficient (Wildman–Crippen LogP) is 3.49. The maximum absolute atomic E-state index is 5.92. The number of nitrogens with one attached hydrogen (secondary N) is 1. The lowest BCUT2D eigenvalue weighted by atomic mass is 9.88. The zero-order valence-electron chi connectivity index (χ0n) is 16.6. The molecule has 0 radical (unpaired) electrons. The predicted molar refractivity (Wildman–Crippen MR) is 107 cm³/mol. The minimum atomic E-state index is 0.156. The van der Waals surface area contributed by atoms with Crippen molar-refractivity contribution in [2.24, 2.45) is 0 Å². The molecular formula is C22H30N2O2. The maximum Gasteiger partial charge on any atom is 0.126 e. The molecule has 0 aliphatic carbocycles. The van der Waals surface area contributed by atoms with Crippen molar-refractivity contribution in [3.63, 3.8) is 0 Å². The van der Waals surface area contributed by atoms with E-state index in [1.807, 2.05) is 0 Å². The molecule has 0 bridgehead atoms. The molecule has 1 heterocycles. The highest BCUT2D eigenvalue weighted by Crippen LogP contribution is 2.37. The van der Waals surface area contributed by atoms with Crippen LogP contribution in [0, 0.1) is 13.8 Å². The first-order chi connectivity index (χ1) is 12.5. The molecule has 0 aromatic heterocycles. The lowest BCUT2D eigenvalue weighted by Crippen LogP contribution is -2.31. The molecule has 1 aliphatic rings. The van der Waals surface area contributed by atoms with Crippen LogP contribution in [0.2, 0.25) is 0 Å². The molecule has 2 aromatic rings. The Morgan fingerprint density at radius 2 is 1.92 bits per heavy atom. The van der Waals surface area contributed by atoms with Crippen LogP contribution < -0.4 is 14.8 Å². The zero-order valence-corrected chi connectivity index (χ0v) is 16.6. The smallest absolute Gasteiger partial charge is 0.126 e. The van der Waals surface area contributed by atoms with Gasteiger partial charge in [-0.2, -0.15) is 0 Å².